The average molecular weight is 946 g/mol. The zero-order chi connectivity index (χ0) is 47.3. The fourth-order valence-corrected chi connectivity index (χ4v) is 7.66. The van der Waals surface area contributed by atoms with Gasteiger partial charge in [-0.3, -0.25) is 4.79 Å². The molecule has 0 bridgehead atoms. The van der Waals surface area contributed by atoms with Crippen LogP contribution in [0.5, 0.6) is 0 Å². The molecular weight excluding hydrogens is 859 g/mol. The number of nitrogens with one attached hydrogen (secondary N) is 1. The van der Waals surface area contributed by atoms with Crippen LogP contribution in [0.15, 0.2) is 48.5 Å². The Hall–Kier alpha value is -3.18. The zero-order valence-corrected chi connectivity index (χ0v) is 41.2. The third-order valence-corrected chi connectivity index (χ3v) is 11.3. The summed E-state index contributed by atoms with van der Waals surface area (Å²) >= 11 is 0. The highest BCUT2D eigenvalue weighted by Gasteiger charge is 2.29. The number of hydrogen-bond donors (Lipinski definition) is 1. The highest BCUT2D eigenvalue weighted by atomic mass is 16.6. The van der Waals surface area contributed by atoms with Gasteiger partial charge in [0, 0.05) is 18.9 Å². The van der Waals surface area contributed by atoms with Crippen molar-refractivity contribution in [3.8, 4) is 11.1 Å². The molecule has 14 nitrogen and oxygen atoms in total. The van der Waals surface area contributed by atoms with Gasteiger partial charge in [0.1, 0.15) is 13.2 Å². The van der Waals surface area contributed by atoms with E-state index in [0.717, 1.165) is 12.8 Å². The van der Waals surface area contributed by atoms with E-state index in [0.29, 0.717) is 132 Å². The van der Waals surface area contributed by atoms with Crippen molar-refractivity contribution in [2.24, 2.45) is 0 Å². The van der Waals surface area contributed by atoms with Crippen LogP contribution in [0.25, 0.3) is 11.1 Å². The van der Waals surface area contributed by atoms with Gasteiger partial charge in [-0.05, 0) is 28.7 Å². The average Bonchev–Trinajstić information content (AvgIpc) is 3.67. The maximum atomic E-state index is 12.3. The number of fused-ring (bicyclic) bond motifs is 3. The van der Waals surface area contributed by atoms with Gasteiger partial charge in [-0.2, -0.15) is 0 Å². The van der Waals surface area contributed by atoms with Crippen LogP contribution < -0.4 is 5.32 Å². The molecule has 0 atom stereocenters. The van der Waals surface area contributed by atoms with E-state index in [9.17, 15) is 9.59 Å². The predicted octanol–water partition coefficient (Wildman–Crippen LogP) is 9.48. The van der Waals surface area contributed by atoms with Crippen LogP contribution in [-0.4, -0.2) is 151 Å². The summed E-state index contributed by atoms with van der Waals surface area (Å²) in [5.41, 5.74) is 4.77. The first-order valence-corrected chi connectivity index (χ1v) is 25.6. The third-order valence-electron chi connectivity index (χ3n) is 11.3. The van der Waals surface area contributed by atoms with Gasteiger partial charge in [-0.15, -0.1) is 0 Å². The molecule has 2 aromatic rings. The normalized spacial score (nSPS) is 12.1. The Bertz CT molecular complexity index is 1420. The van der Waals surface area contributed by atoms with Gasteiger partial charge in [0.25, 0.3) is 0 Å². The number of alkyl carbamates (subject to hydrolysis) is 1. The van der Waals surface area contributed by atoms with Crippen LogP contribution in [-0.2, 0) is 56.9 Å². The number of benzene rings is 2. The van der Waals surface area contributed by atoms with Gasteiger partial charge in [-0.1, -0.05) is 145 Å². The summed E-state index contributed by atoms with van der Waals surface area (Å²) in [5.74, 6) is -0.101. The lowest BCUT2D eigenvalue weighted by Crippen LogP contribution is -2.29. The summed E-state index contributed by atoms with van der Waals surface area (Å²) in [6.07, 6.45) is 19.7. The summed E-state index contributed by atoms with van der Waals surface area (Å²) in [6, 6.07) is 16.5. The number of hydrogen-bond acceptors (Lipinski definition) is 13. The van der Waals surface area contributed by atoms with Crippen LogP contribution in [0.2, 0.25) is 0 Å². The molecule has 0 heterocycles. The van der Waals surface area contributed by atoms with Crippen molar-refractivity contribution in [2.45, 2.75) is 116 Å². The Balaban J connectivity index is 0.911. The maximum absolute atomic E-state index is 12.3. The minimum Gasteiger partial charge on any atom is -0.463 e. The number of carbonyl (C=O) groups is 2. The minimum atomic E-state index is -0.454. The number of ether oxygens (including phenoxy) is 11. The largest absolute Gasteiger partial charge is 0.463 e. The van der Waals surface area contributed by atoms with Crippen molar-refractivity contribution in [3.63, 3.8) is 0 Å². The number of unbranched alkanes of at least 4 members (excludes halogenated alkanes) is 14. The van der Waals surface area contributed by atoms with E-state index in [4.69, 9.17) is 52.1 Å². The number of amides is 1. The van der Waals surface area contributed by atoms with Crippen molar-refractivity contribution < 1.29 is 61.7 Å². The fraction of sp³-hybridized carbons (Fsp3) is 0.736. The van der Waals surface area contributed by atoms with Crippen molar-refractivity contribution >= 4 is 12.1 Å². The lowest BCUT2D eigenvalue weighted by molar-refractivity contribution is -0.145. The molecule has 382 valence electrons. The number of esters is 1. The van der Waals surface area contributed by atoms with E-state index >= 15 is 0 Å². The number of rotatable bonds is 48. The van der Waals surface area contributed by atoms with E-state index in [1.54, 1.807) is 0 Å². The maximum Gasteiger partial charge on any atom is 0.407 e. The van der Waals surface area contributed by atoms with Crippen LogP contribution >= 0.6 is 0 Å². The molecule has 14 heteroatoms. The minimum absolute atomic E-state index is 0.0337. The quantitative estimate of drug-likeness (QED) is 0.0497. The molecular formula is C53H87NO13. The molecule has 0 radical (unpaired) electrons. The van der Waals surface area contributed by atoms with Gasteiger partial charge in [0.15, 0.2) is 0 Å². The molecule has 3 rings (SSSR count). The van der Waals surface area contributed by atoms with Crippen LogP contribution in [0, 0.1) is 0 Å². The zero-order valence-electron chi connectivity index (χ0n) is 41.2. The molecule has 1 aliphatic rings. The standard InChI is InChI=1S/C53H87NO13/c1-2-3-4-5-6-7-8-9-10-11-12-13-14-15-16-25-52(55)66-45-44-65-43-42-64-41-40-63-39-38-62-37-36-61-35-34-60-33-32-59-31-30-58-29-28-57-27-26-54-53(56)67-46-51-49-23-19-17-21-47(49)48-22-18-20-24-50(48)51/h17-24,51H,2-16,25-46H2,1H3,(H,54,56). The van der Waals surface area contributed by atoms with Gasteiger partial charge in [-0.25, -0.2) is 4.79 Å². The summed E-state index contributed by atoms with van der Waals surface area (Å²) in [7, 11) is 0. The first-order chi connectivity index (χ1) is 33.2. The van der Waals surface area contributed by atoms with Crippen LogP contribution in [0.1, 0.15) is 127 Å². The van der Waals surface area contributed by atoms with E-state index in [1.165, 1.54) is 106 Å². The topological polar surface area (TPSA) is 148 Å². The van der Waals surface area contributed by atoms with Crippen molar-refractivity contribution in [3.05, 3.63) is 59.7 Å². The van der Waals surface area contributed by atoms with Crippen LogP contribution in [0.4, 0.5) is 4.79 Å². The number of carbonyl (C=O) groups excluding carboxylic acids is 2. The van der Waals surface area contributed by atoms with Gasteiger partial charge in [0.05, 0.1) is 119 Å². The molecule has 0 saturated carbocycles. The fourth-order valence-electron chi connectivity index (χ4n) is 7.66. The molecule has 0 unspecified atom stereocenters. The Morgan fingerprint density at radius 1 is 0.403 bits per heavy atom. The molecule has 0 aromatic heterocycles. The Kier molecular flexibility index (Phi) is 37.2. The van der Waals surface area contributed by atoms with Gasteiger partial charge >= 0.3 is 12.1 Å². The second-order valence-corrected chi connectivity index (χ2v) is 16.7. The Morgan fingerprint density at radius 3 is 1.12 bits per heavy atom. The second kappa shape index (κ2) is 42.9. The van der Waals surface area contributed by atoms with Gasteiger partial charge in [0.2, 0.25) is 0 Å². The first kappa shape index (κ1) is 58.1. The van der Waals surface area contributed by atoms with Gasteiger partial charge < -0.3 is 57.4 Å². The molecule has 1 amide bonds. The van der Waals surface area contributed by atoms with E-state index in [-0.39, 0.29) is 25.1 Å². The van der Waals surface area contributed by atoms with E-state index in [2.05, 4.69) is 36.5 Å². The SMILES string of the molecule is CCCCCCCCCCCCCCCCCC(=O)OCCOCCOCCOCCOCCOCCOCCOCCOCCOCCNC(=O)OCC1c2ccccc2-c2ccccc21. The lowest BCUT2D eigenvalue weighted by atomic mass is 9.98. The van der Waals surface area contributed by atoms with E-state index in [1.807, 2.05) is 24.3 Å². The molecule has 0 aliphatic heterocycles. The predicted molar refractivity (Wildman–Crippen MR) is 261 cm³/mol. The summed E-state index contributed by atoms with van der Waals surface area (Å²) < 4.78 is 60.5. The second-order valence-electron chi connectivity index (χ2n) is 16.7. The summed E-state index contributed by atoms with van der Waals surface area (Å²) in [5, 5.41) is 2.75. The molecule has 1 aliphatic carbocycles. The van der Waals surface area contributed by atoms with Crippen LogP contribution in [0.3, 0.4) is 0 Å². The Labute approximate surface area is 403 Å². The Morgan fingerprint density at radius 2 is 0.731 bits per heavy atom. The monoisotopic (exact) mass is 946 g/mol. The van der Waals surface area contributed by atoms with Crippen molar-refractivity contribution in [1.29, 1.82) is 0 Å². The summed E-state index contributed by atoms with van der Waals surface area (Å²) in [4.78, 5) is 24.2. The smallest absolute Gasteiger partial charge is 0.407 e. The highest BCUT2D eigenvalue weighted by molar-refractivity contribution is 5.79. The molecule has 2 aromatic carbocycles. The molecule has 0 saturated heterocycles. The van der Waals surface area contributed by atoms with Crippen molar-refractivity contribution in [1.82, 2.24) is 5.32 Å². The summed E-state index contributed by atoms with van der Waals surface area (Å²) in [6.45, 7) is 11.4. The first-order valence-electron chi connectivity index (χ1n) is 25.6. The molecule has 0 spiro atoms. The molecule has 67 heavy (non-hydrogen) atoms. The highest BCUT2D eigenvalue weighted by Crippen LogP contribution is 2.44. The van der Waals surface area contributed by atoms with E-state index < -0.39 is 6.09 Å². The lowest BCUT2D eigenvalue weighted by Gasteiger charge is -2.14. The molecule has 1 N–H and O–H groups in total. The molecule has 0 fully saturated rings. The van der Waals surface area contributed by atoms with Crippen molar-refractivity contribution in [2.75, 3.05) is 139 Å². The third kappa shape index (κ3) is 30.8.